The van der Waals surface area contributed by atoms with Crippen molar-refractivity contribution in [3.8, 4) is 0 Å². The fraction of sp³-hybridized carbons (Fsp3) is 0.600. The summed E-state index contributed by atoms with van der Waals surface area (Å²) in [5.41, 5.74) is 0.801. The number of benzene rings is 1. The third-order valence-corrected chi connectivity index (χ3v) is 4.30. The monoisotopic (exact) mass is 247 g/mol. The minimum Gasteiger partial charge on any atom is -0.388 e. The molecular formula is C15H21NO2. The predicted molar refractivity (Wildman–Crippen MR) is 70.2 cm³/mol. The van der Waals surface area contributed by atoms with Gasteiger partial charge in [0, 0.05) is 32.2 Å². The molecule has 0 bridgehead atoms. The Balaban J connectivity index is 1.61. The van der Waals surface area contributed by atoms with Crippen LogP contribution in [0.25, 0.3) is 0 Å². The van der Waals surface area contributed by atoms with Gasteiger partial charge in [-0.2, -0.15) is 0 Å². The summed E-state index contributed by atoms with van der Waals surface area (Å²) in [7, 11) is 0. The second kappa shape index (κ2) is 5.00. The Bertz CT molecular complexity index is 389. The summed E-state index contributed by atoms with van der Waals surface area (Å²) in [5.74, 6) is 0.332. The lowest BCUT2D eigenvalue weighted by Crippen LogP contribution is -2.41. The number of hydrogen-bond acceptors (Lipinski definition) is 3. The molecule has 0 amide bonds. The summed E-state index contributed by atoms with van der Waals surface area (Å²) in [6, 6.07) is 10.5. The smallest absolute Gasteiger partial charge is 0.0837 e. The molecule has 2 aliphatic rings. The summed E-state index contributed by atoms with van der Waals surface area (Å²) in [6.07, 6.45) is 1.89. The lowest BCUT2D eigenvalue weighted by molar-refractivity contribution is -0.0129. The minimum atomic E-state index is -0.523. The highest BCUT2D eigenvalue weighted by atomic mass is 16.5. The lowest BCUT2D eigenvalue weighted by atomic mass is 9.86. The van der Waals surface area contributed by atoms with E-state index in [1.807, 2.05) is 6.07 Å². The average Bonchev–Trinajstić information content (AvgIpc) is 3.01. The molecule has 0 aromatic heterocycles. The first-order valence-electron chi connectivity index (χ1n) is 6.83. The topological polar surface area (TPSA) is 32.7 Å². The van der Waals surface area contributed by atoms with E-state index < -0.39 is 5.60 Å². The van der Waals surface area contributed by atoms with Crippen LogP contribution in [0, 0.1) is 5.92 Å². The molecule has 3 rings (SSSR count). The van der Waals surface area contributed by atoms with Crippen molar-refractivity contribution >= 4 is 0 Å². The summed E-state index contributed by atoms with van der Waals surface area (Å²) < 4.78 is 5.41. The number of ether oxygens (including phenoxy) is 1. The molecular weight excluding hydrogens is 226 g/mol. The standard InChI is InChI=1S/C15H21NO2/c17-15(14-6-9-18-11-14)7-8-16(12-15)10-13-4-2-1-3-5-13/h1-5,14,17H,6-12H2. The number of hydrogen-bond donors (Lipinski definition) is 1. The molecule has 2 heterocycles. The molecule has 2 unspecified atom stereocenters. The number of rotatable bonds is 3. The predicted octanol–water partition coefficient (Wildman–Crippen LogP) is 1.66. The van der Waals surface area contributed by atoms with Crippen molar-refractivity contribution in [2.75, 3.05) is 26.3 Å². The van der Waals surface area contributed by atoms with Crippen molar-refractivity contribution in [1.82, 2.24) is 4.90 Å². The zero-order valence-corrected chi connectivity index (χ0v) is 10.7. The van der Waals surface area contributed by atoms with Gasteiger partial charge < -0.3 is 9.84 Å². The highest BCUT2D eigenvalue weighted by Gasteiger charge is 2.44. The molecule has 18 heavy (non-hydrogen) atoms. The van der Waals surface area contributed by atoms with Gasteiger partial charge in [-0.25, -0.2) is 0 Å². The van der Waals surface area contributed by atoms with Crippen LogP contribution in [0.1, 0.15) is 18.4 Å². The molecule has 2 aliphatic heterocycles. The fourth-order valence-electron chi connectivity index (χ4n) is 3.17. The van der Waals surface area contributed by atoms with E-state index in [4.69, 9.17) is 4.74 Å². The molecule has 98 valence electrons. The Morgan fingerprint density at radius 2 is 2.17 bits per heavy atom. The van der Waals surface area contributed by atoms with Crippen molar-refractivity contribution < 1.29 is 9.84 Å². The summed E-state index contributed by atoms with van der Waals surface area (Å²) in [4.78, 5) is 2.35. The number of aliphatic hydroxyl groups is 1. The minimum absolute atomic E-state index is 0.332. The highest BCUT2D eigenvalue weighted by Crippen LogP contribution is 2.34. The van der Waals surface area contributed by atoms with Crippen molar-refractivity contribution in [3.63, 3.8) is 0 Å². The Kier molecular flexibility index (Phi) is 3.37. The SMILES string of the molecule is OC1(C2CCOC2)CCN(Cc2ccccc2)C1. The maximum atomic E-state index is 10.7. The molecule has 1 aromatic carbocycles. The fourth-order valence-corrected chi connectivity index (χ4v) is 3.17. The van der Waals surface area contributed by atoms with E-state index in [-0.39, 0.29) is 0 Å². The summed E-state index contributed by atoms with van der Waals surface area (Å²) >= 11 is 0. The van der Waals surface area contributed by atoms with Crippen molar-refractivity contribution in [2.45, 2.75) is 25.0 Å². The quantitative estimate of drug-likeness (QED) is 0.881. The van der Waals surface area contributed by atoms with Gasteiger partial charge in [-0.15, -0.1) is 0 Å². The van der Waals surface area contributed by atoms with E-state index in [1.165, 1.54) is 5.56 Å². The normalized spacial score (nSPS) is 33.1. The van der Waals surface area contributed by atoms with Crippen LogP contribution in [0.5, 0.6) is 0 Å². The largest absolute Gasteiger partial charge is 0.388 e. The van der Waals surface area contributed by atoms with Gasteiger partial charge in [-0.05, 0) is 18.4 Å². The van der Waals surface area contributed by atoms with Gasteiger partial charge in [0.1, 0.15) is 0 Å². The Labute approximate surface area is 108 Å². The maximum Gasteiger partial charge on any atom is 0.0837 e. The zero-order valence-electron chi connectivity index (χ0n) is 10.7. The third-order valence-electron chi connectivity index (χ3n) is 4.30. The number of likely N-dealkylation sites (tertiary alicyclic amines) is 1. The molecule has 0 radical (unpaired) electrons. The molecule has 2 atom stereocenters. The van der Waals surface area contributed by atoms with Crippen LogP contribution in [-0.2, 0) is 11.3 Å². The lowest BCUT2D eigenvalue weighted by Gasteiger charge is -2.29. The van der Waals surface area contributed by atoms with Gasteiger partial charge in [0.2, 0.25) is 0 Å². The molecule has 2 saturated heterocycles. The van der Waals surface area contributed by atoms with Gasteiger partial charge in [0.25, 0.3) is 0 Å². The van der Waals surface area contributed by atoms with E-state index >= 15 is 0 Å². The van der Waals surface area contributed by atoms with Crippen molar-refractivity contribution in [1.29, 1.82) is 0 Å². The first-order valence-corrected chi connectivity index (χ1v) is 6.83. The second-order valence-corrected chi connectivity index (χ2v) is 5.61. The summed E-state index contributed by atoms with van der Waals surface area (Å²) in [5, 5.41) is 10.7. The third kappa shape index (κ3) is 2.44. The van der Waals surface area contributed by atoms with Gasteiger partial charge in [-0.3, -0.25) is 4.90 Å². The van der Waals surface area contributed by atoms with Gasteiger partial charge >= 0.3 is 0 Å². The Morgan fingerprint density at radius 3 is 2.89 bits per heavy atom. The van der Waals surface area contributed by atoms with Crippen LogP contribution in [0.4, 0.5) is 0 Å². The molecule has 0 spiro atoms. The van der Waals surface area contributed by atoms with E-state index in [9.17, 15) is 5.11 Å². The zero-order chi connectivity index (χ0) is 12.4. The molecule has 3 heteroatoms. The van der Waals surface area contributed by atoms with Crippen LogP contribution in [0.15, 0.2) is 30.3 Å². The summed E-state index contributed by atoms with van der Waals surface area (Å²) in [6.45, 7) is 4.26. The molecule has 3 nitrogen and oxygen atoms in total. The highest BCUT2D eigenvalue weighted by molar-refractivity contribution is 5.15. The van der Waals surface area contributed by atoms with E-state index in [0.29, 0.717) is 5.92 Å². The number of nitrogens with zero attached hydrogens (tertiary/aromatic N) is 1. The Morgan fingerprint density at radius 1 is 1.33 bits per heavy atom. The maximum absolute atomic E-state index is 10.7. The molecule has 1 aromatic rings. The van der Waals surface area contributed by atoms with Gasteiger partial charge in [-0.1, -0.05) is 30.3 Å². The van der Waals surface area contributed by atoms with Crippen molar-refractivity contribution in [3.05, 3.63) is 35.9 Å². The first kappa shape index (κ1) is 12.2. The van der Waals surface area contributed by atoms with Crippen LogP contribution in [0.2, 0.25) is 0 Å². The van der Waals surface area contributed by atoms with Crippen LogP contribution < -0.4 is 0 Å². The molecule has 1 N–H and O–H groups in total. The van der Waals surface area contributed by atoms with E-state index in [2.05, 4.69) is 29.2 Å². The molecule has 0 aliphatic carbocycles. The average molecular weight is 247 g/mol. The van der Waals surface area contributed by atoms with Crippen LogP contribution in [0.3, 0.4) is 0 Å². The van der Waals surface area contributed by atoms with Gasteiger partial charge in [0.05, 0.1) is 12.2 Å². The van der Waals surface area contributed by atoms with Crippen LogP contribution in [-0.4, -0.2) is 41.9 Å². The second-order valence-electron chi connectivity index (χ2n) is 5.61. The first-order chi connectivity index (χ1) is 8.76. The Hall–Kier alpha value is -0.900. The van der Waals surface area contributed by atoms with Crippen LogP contribution >= 0.6 is 0 Å². The number of β-amino-alcohol motifs (C(OH)–C–C–N with tert-alkyl or cyclic N) is 1. The molecule has 2 fully saturated rings. The molecule has 0 saturated carbocycles. The van der Waals surface area contributed by atoms with E-state index in [1.54, 1.807) is 0 Å². The van der Waals surface area contributed by atoms with Crippen molar-refractivity contribution in [2.24, 2.45) is 5.92 Å². The van der Waals surface area contributed by atoms with E-state index in [0.717, 1.165) is 45.7 Å². The van der Waals surface area contributed by atoms with Gasteiger partial charge in [0.15, 0.2) is 0 Å².